The second-order valence-electron chi connectivity index (χ2n) is 12.7. The van der Waals surface area contributed by atoms with Crippen molar-refractivity contribution in [2.24, 2.45) is 0 Å². The number of rotatable bonds is 18. The van der Waals surface area contributed by atoms with E-state index in [9.17, 15) is 9.59 Å². The number of unbranched alkanes of at least 4 members (excludes halogenated alkanes) is 1. The number of para-hydroxylation sites is 2. The van der Waals surface area contributed by atoms with Crippen molar-refractivity contribution < 1.29 is 19.1 Å². The van der Waals surface area contributed by atoms with Crippen LogP contribution in [0.25, 0.3) is 0 Å². The smallest absolute Gasteiger partial charge is 0.338 e. The zero-order chi connectivity index (χ0) is 35.2. The lowest BCUT2D eigenvalue weighted by molar-refractivity contribution is -0.143. The highest BCUT2D eigenvalue weighted by Gasteiger charge is 2.29. The minimum atomic E-state index is -0.392. The SMILES string of the molecule is CCCCN(CCOC(=O)Cc1ccccc1Nc1c(Cl)cccc1Cl)CCOC(=O)c1cc(Br)c(N)c(CNC2(CC)CCCCC2)c1. The summed E-state index contributed by atoms with van der Waals surface area (Å²) < 4.78 is 12.0. The zero-order valence-electron chi connectivity index (χ0n) is 28.6. The molecule has 0 aliphatic heterocycles. The standard InChI is InChI=1S/C38H49BrCl2N4O4/c1-3-5-18-45(19-21-48-34(46)25-27-12-7-8-15-33(27)44-36-31(40)13-11-14-32(36)41)20-22-49-37(47)28-23-29(35(42)30(39)24-28)26-43-38(4-2)16-9-6-10-17-38/h7-8,11-15,23-24,43-44H,3-6,9-10,16-22,25-26,42H2,1-2H3. The topological polar surface area (TPSA) is 106 Å². The van der Waals surface area contributed by atoms with Crippen LogP contribution in [0.15, 0.2) is 59.1 Å². The van der Waals surface area contributed by atoms with Crippen LogP contribution in [0.1, 0.15) is 86.7 Å². The molecule has 0 aromatic heterocycles. The van der Waals surface area contributed by atoms with E-state index >= 15 is 0 Å². The third-order valence-corrected chi connectivity index (χ3v) is 10.6. The fourth-order valence-electron chi connectivity index (χ4n) is 6.22. The molecule has 0 radical (unpaired) electrons. The summed E-state index contributed by atoms with van der Waals surface area (Å²) in [4.78, 5) is 28.1. The summed E-state index contributed by atoms with van der Waals surface area (Å²) in [6, 6.07) is 16.3. The summed E-state index contributed by atoms with van der Waals surface area (Å²) >= 11 is 16.2. The molecule has 0 amide bonds. The summed E-state index contributed by atoms with van der Waals surface area (Å²) in [6.07, 6.45) is 9.22. The highest BCUT2D eigenvalue weighted by molar-refractivity contribution is 9.10. The number of hydrogen-bond donors (Lipinski definition) is 3. The number of hydrogen-bond acceptors (Lipinski definition) is 8. The maximum Gasteiger partial charge on any atom is 0.338 e. The molecule has 8 nitrogen and oxygen atoms in total. The molecule has 0 heterocycles. The van der Waals surface area contributed by atoms with Crippen LogP contribution in [0, 0.1) is 0 Å². The van der Waals surface area contributed by atoms with Gasteiger partial charge in [0.1, 0.15) is 13.2 Å². The molecule has 1 aliphatic rings. The molecule has 0 saturated heterocycles. The van der Waals surface area contributed by atoms with Gasteiger partial charge < -0.3 is 25.8 Å². The van der Waals surface area contributed by atoms with Crippen molar-refractivity contribution in [3.8, 4) is 0 Å². The zero-order valence-corrected chi connectivity index (χ0v) is 31.7. The van der Waals surface area contributed by atoms with Gasteiger partial charge in [-0.3, -0.25) is 9.69 Å². The molecular formula is C38H49BrCl2N4O4. The van der Waals surface area contributed by atoms with Gasteiger partial charge in [0.05, 0.1) is 33.4 Å². The Morgan fingerprint density at radius 3 is 2.31 bits per heavy atom. The van der Waals surface area contributed by atoms with Gasteiger partial charge in [0.15, 0.2) is 0 Å². The maximum atomic E-state index is 13.1. The number of halogens is 3. The minimum Gasteiger partial charge on any atom is -0.464 e. The molecule has 0 spiro atoms. The van der Waals surface area contributed by atoms with E-state index in [0.29, 0.717) is 51.1 Å². The maximum absolute atomic E-state index is 13.1. The van der Waals surface area contributed by atoms with E-state index < -0.39 is 5.97 Å². The first-order valence-corrected chi connectivity index (χ1v) is 18.9. The molecule has 4 rings (SSSR count). The fourth-order valence-corrected chi connectivity index (χ4v) is 7.21. The van der Waals surface area contributed by atoms with Crippen LogP contribution >= 0.6 is 39.1 Å². The van der Waals surface area contributed by atoms with E-state index in [1.807, 2.05) is 30.3 Å². The van der Waals surface area contributed by atoms with Gasteiger partial charge in [-0.25, -0.2) is 4.79 Å². The average Bonchev–Trinajstić information content (AvgIpc) is 3.10. The number of carbonyl (C=O) groups excluding carboxylic acids is 2. The highest BCUT2D eigenvalue weighted by Crippen LogP contribution is 2.34. The Morgan fingerprint density at radius 1 is 0.918 bits per heavy atom. The number of ether oxygens (including phenoxy) is 2. The van der Waals surface area contributed by atoms with Crippen molar-refractivity contribution in [1.82, 2.24) is 10.2 Å². The molecule has 1 fully saturated rings. The predicted molar refractivity (Wildman–Crippen MR) is 204 cm³/mol. The summed E-state index contributed by atoms with van der Waals surface area (Å²) in [5.41, 5.74) is 10.6. The van der Waals surface area contributed by atoms with Crippen LogP contribution in [0.2, 0.25) is 10.0 Å². The lowest BCUT2D eigenvalue weighted by Gasteiger charge is -2.38. The Labute approximate surface area is 309 Å². The van der Waals surface area contributed by atoms with Crippen LogP contribution in [0.4, 0.5) is 17.1 Å². The Hall–Kier alpha value is -2.82. The van der Waals surface area contributed by atoms with Crippen LogP contribution in [0.3, 0.4) is 0 Å². The first-order valence-electron chi connectivity index (χ1n) is 17.3. The van der Waals surface area contributed by atoms with Gasteiger partial charge in [-0.1, -0.05) is 87.0 Å². The lowest BCUT2D eigenvalue weighted by atomic mass is 9.79. The van der Waals surface area contributed by atoms with Crippen LogP contribution < -0.4 is 16.4 Å². The molecule has 1 saturated carbocycles. The van der Waals surface area contributed by atoms with E-state index in [1.54, 1.807) is 24.3 Å². The van der Waals surface area contributed by atoms with Crippen molar-refractivity contribution in [2.75, 3.05) is 43.9 Å². The number of nitrogen functional groups attached to an aromatic ring is 1. The van der Waals surface area contributed by atoms with E-state index in [0.717, 1.165) is 55.5 Å². The number of anilines is 3. The third kappa shape index (κ3) is 11.6. The number of carbonyl (C=O) groups is 2. The predicted octanol–water partition coefficient (Wildman–Crippen LogP) is 9.33. The second-order valence-corrected chi connectivity index (χ2v) is 14.4. The molecule has 0 atom stereocenters. The van der Waals surface area contributed by atoms with E-state index in [1.165, 1.54) is 19.3 Å². The van der Waals surface area contributed by atoms with E-state index in [4.69, 9.17) is 38.4 Å². The van der Waals surface area contributed by atoms with Crippen LogP contribution in [-0.2, 0) is 27.2 Å². The van der Waals surface area contributed by atoms with Gasteiger partial charge in [-0.05, 0) is 89.6 Å². The molecule has 0 unspecified atom stereocenters. The first kappa shape index (κ1) is 39.0. The van der Waals surface area contributed by atoms with E-state index in [2.05, 4.69) is 45.3 Å². The number of nitrogens with zero attached hydrogens (tertiary/aromatic N) is 1. The fraction of sp³-hybridized carbons (Fsp3) is 0.474. The minimum absolute atomic E-state index is 0.0892. The summed E-state index contributed by atoms with van der Waals surface area (Å²) in [7, 11) is 0. The van der Waals surface area contributed by atoms with Crippen LogP contribution in [0.5, 0.6) is 0 Å². The van der Waals surface area contributed by atoms with Crippen molar-refractivity contribution >= 4 is 68.1 Å². The normalized spacial score (nSPS) is 14.1. The van der Waals surface area contributed by atoms with Gasteiger partial charge in [0.2, 0.25) is 0 Å². The lowest BCUT2D eigenvalue weighted by Crippen LogP contribution is -2.45. The molecule has 4 N–H and O–H groups in total. The van der Waals surface area contributed by atoms with Gasteiger partial charge in [-0.2, -0.15) is 0 Å². The number of esters is 2. The van der Waals surface area contributed by atoms with Gasteiger partial charge in [-0.15, -0.1) is 0 Å². The third-order valence-electron chi connectivity index (χ3n) is 9.31. The Bertz CT molecular complexity index is 1530. The molecule has 49 heavy (non-hydrogen) atoms. The average molecular weight is 777 g/mol. The molecule has 3 aromatic rings. The quantitative estimate of drug-likeness (QED) is 0.0868. The number of nitrogens with two attached hydrogens (primary N) is 1. The first-order chi connectivity index (χ1) is 23.6. The van der Waals surface area contributed by atoms with Gasteiger partial charge >= 0.3 is 11.9 Å². The summed E-state index contributed by atoms with van der Waals surface area (Å²) in [5.74, 6) is -0.731. The Kier molecular flexibility index (Phi) is 15.5. The monoisotopic (exact) mass is 774 g/mol. The van der Waals surface area contributed by atoms with Crippen molar-refractivity contribution in [3.05, 3.63) is 85.8 Å². The Balaban J connectivity index is 1.27. The largest absolute Gasteiger partial charge is 0.464 e. The molecule has 3 aromatic carbocycles. The van der Waals surface area contributed by atoms with Gasteiger partial charge in [0, 0.05) is 35.3 Å². The number of benzene rings is 3. The Morgan fingerprint density at radius 2 is 1.61 bits per heavy atom. The second kappa shape index (κ2) is 19.5. The summed E-state index contributed by atoms with van der Waals surface area (Å²) in [5, 5.41) is 7.99. The van der Waals surface area contributed by atoms with Crippen molar-refractivity contribution in [3.63, 3.8) is 0 Å². The van der Waals surface area contributed by atoms with Crippen molar-refractivity contribution in [1.29, 1.82) is 0 Å². The van der Waals surface area contributed by atoms with Crippen molar-refractivity contribution in [2.45, 2.75) is 83.7 Å². The molecule has 11 heteroatoms. The molecular weight excluding hydrogens is 727 g/mol. The number of nitrogens with one attached hydrogen (secondary N) is 2. The summed E-state index contributed by atoms with van der Waals surface area (Å²) in [6.45, 7) is 7.26. The van der Waals surface area contributed by atoms with Crippen LogP contribution in [-0.4, -0.2) is 55.2 Å². The molecule has 266 valence electrons. The van der Waals surface area contributed by atoms with Gasteiger partial charge in [0.25, 0.3) is 0 Å². The highest BCUT2D eigenvalue weighted by atomic mass is 79.9. The van der Waals surface area contributed by atoms with E-state index in [-0.39, 0.29) is 31.1 Å². The molecule has 1 aliphatic carbocycles. The molecule has 0 bridgehead atoms.